The molecule has 158 valence electrons. The van der Waals surface area contributed by atoms with Crippen LogP contribution in [0.15, 0.2) is 46.6 Å². The first-order valence-electron chi connectivity index (χ1n) is 9.09. The molecular weight excluding hydrogens is 422 g/mol. The maximum Gasteiger partial charge on any atom is 0.270 e. The highest BCUT2D eigenvalue weighted by atomic mass is 35.5. The third-order valence-corrected chi connectivity index (χ3v) is 5.86. The van der Waals surface area contributed by atoms with Crippen molar-refractivity contribution >= 4 is 45.4 Å². The minimum absolute atomic E-state index is 0. The van der Waals surface area contributed by atoms with Crippen LogP contribution in [-0.4, -0.2) is 47.9 Å². The molecule has 1 amide bonds. The third-order valence-electron chi connectivity index (χ3n) is 5.00. The summed E-state index contributed by atoms with van der Waals surface area (Å²) in [5, 5.41) is 12.4. The lowest BCUT2D eigenvalue weighted by Crippen LogP contribution is -2.49. The zero-order valence-electron chi connectivity index (χ0n) is 17.0. The van der Waals surface area contributed by atoms with Crippen molar-refractivity contribution in [3.05, 3.63) is 62.6 Å². The summed E-state index contributed by atoms with van der Waals surface area (Å²) in [7, 11) is 1.69. The smallest absolute Gasteiger partial charge is 0.270 e. The summed E-state index contributed by atoms with van der Waals surface area (Å²) in [5.74, 6) is 0.0407. The van der Waals surface area contributed by atoms with Gasteiger partial charge in [-0.05, 0) is 17.5 Å². The largest absolute Gasteiger partial charge is 0.366 e. The number of thiophene rings is 1. The molecule has 7 nitrogen and oxygen atoms in total. The first-order chi connectivity index (χ1) is 14.1. The van der Waals surface area contributed by atoms with Crippen molar-refractivity contribution in [3.8, 4) is 6.07 Å². The molecule has 3 aromatic rings. The Balaban J connectivity index is 0.00000104. The fraction of sp³-hybridized carbons (Fsp3) is 0.286. The number of hydrogen-bond acceptors (Lipinski definition) is 6. The molecule has 0 aliphatic carbocycles. The number of carbonyl (C=O) groups excluding carboxylic acids is 1. The molecule has 3 N–H and O–H groups in total. The van der Waals surface area contributed by atoms with Crippen molar-refractivity contribution in [2.24, 2.45) is 7.05 Å². The van der Waals surface area contributed by atoms with E-state index in [1.165, 1.54) is 22.3 Å². The lowest BCUT2D eigenvalue weighted by Gasteiger charge is -2.36. The van der Waals surface area contributed by atoms with Gasteiger partial charge in [0.15, 0.2) is 0 Å². The lowest BCUT2D eigenvalue weighted by molar-refractivity contribution is 0.0751. The van der Waals surface area contributed by atoms with Gasteiger partial charge in [-0.2, -0.15) is 5.26 Å². The second kappa shape index (κ2) is 10.3. The number of para-hydroxylation sites is 1. The molecule has 0 bridgehead atoms. The molecule has 0 radical (unpaired) electrons. The Hall–Kier alpha value is -2.86. The van der Waals surface area contributed by atoms with Gasteiger partial charge in [-0.3, -0.25) is 9.59 Å². The molecule has 0 spiro atoms. The van der Waals surface area contributed by atoms with Crippen LogP contribution in [0.2, 0.25) is 0 Å². The standard InChI is InChI=1S/C20H18N4O2S.CH3Cl.H3N/c1-22-16-6-3-2-5-14(16)18(15(13-21)19(22)25)23-8-10-24(11-9-23)20(26)17-7-4-12-27-17;1-2;/h2-7,12H,8-11H2,1H3;1H3;1H3. The van der Waals surface area contributed by atoms with Crippen LogP contribution in [0.3, 0.4) is 0 Å². The van der Waals surface area contributed by atoms with Crippen LogP contribution >= 0.6 is 22.9 Å². The predicted octanol–water partition coefficient (Wildman–Crippen LogP) is 3.45. The molecule has 0 saturated carbocycles. The summed E-state index contributed by atoms with van der Waals surface area (Å²) < 4.78 is 1.52. The molecule has 0 unspecified atom stereocenters. The highest BCUT2D eigenvalue weighted by Gasteiger charge is 2.26. The van der Waals surface area contributed by atoms with Gasteiger partial charge in [0.05, 0.1) is 16.1 Å². The summed E-state index contributed by atoms with van der Waals surface area (Å²) in [4.78, 5) is 29.8. The molecule has 9 heteroatoms. The van der Waals surface area contributed by atoms with Crippen LogP contribution in [0.4, 0.5) is 5.69 Å². The Morgan fingerprint density at radius 2 is 1.77 bits per heavy atom. The highest BCUT2D eigenvalue weighted by Crippen LogP contribution is 2.29. The third kappa shape index (κ3) is 4.19. The number of carbonyl (C=O) groups is 1. The van der Waals surface area contributed by atoms with Gasteiger partial charge in [-0.25, -0.2) is 0 Å². The molecule has 3 heterocycles. The van der Waals surface area contributed by atoms with Crippen LogP contribution in [0, 0.1) is 11.3 Å². The van der Waals surface area contributed by atoms with Gasteiger partial charge in [0.1, 0.15) is 11.6 Å². The summed E-state index contributed by atoms with van der Waals surface area (Å²) in [6, 6.07) is 13.4. The maximum absolute atomic E-state index is 12.7. The quantitative estimate of drug-likeness (QED) is 0.608. The molecule has 4 rings (SSSR count). The average Bonchev–Trinajstić information content (AvgIpc) is 3.32. The number of alkyl halides is 1. The zero-order valence-corrected chi connectivity index (χ0v) is 18.5. The van der Waals surface area contributed by atoms with E-state index in [0.29, 0.717) is 31.9 Å². The van der Waals surface area contributed by atoms with E-state index in [2.05, 4.69) is 22.6 Å². The number of benzene rings is 1. The van der Waals surface area contributed by atoms with Crippen LogP contribution in [-0.2, 0) is 7.05 Å². The Morgan fingerprint density at radius 1 is 1.10 bits per heavy atom. The SMILES string of the molecule is CCl.Cn1c(=O)c(C#N)c(N2CCN(C(=O)c3cccs3)CC2)c2ccccc21.N. The topological polar surface area (TPSA) is 104 Å². The van der Waals surface area contributed by atoms with Crippen molar-refractivity contribution in [3.63, 3.8) is 0 Å². The normalized spacial score (nSPS) is 13.1. The fourth-order valence-electron chi connectivity index (χ4n) is 3.60. The second-order valence-corrected chi connectivity index (χ2v) is 7.42. The van der Waals surface area contributed by atoms with Gasteiger partial charge < -0.3 is 20.5 Å². The van der Waals surface area contributed by atoms with E-state index < -0.39 is 0 Å². The van der Waals surface area contributed by atoms with Crippen molar-refractivity contribution in [1.29, 1.82) is 5.26 Å². The number of aryl methyl sites for hydroxylation is 1. The number of pyridine rings is 1. The molecule has 1 aromatic carbocycles. The Bertz CT molecular complexity index is 1110. The van der Waals surface area contributed by atoms with Gasteiger partial charge in [0, 0.05) is 45.0 Å². The van der Waals surface area contributed by atoms with Crippen molar-refractivity contribution < 1.29 is 4.79 Å². The molecule has 1 aliphatic heterocycles. The predicted molar refractivity (Wildman–Crippen MR) is 123 cm³/mol. The zero-order chi connectivity index (χ0) is 21.0. The molecule has 1 saturated heterocycles. The van der Waals surface area contributed by atoms with Crippen LogP contribution < -0.4 is 16.6 Å². The molecule has 2 aromatic heterocycles. The average molecular weight is 446 g/mol. The summed E-state index contributed by atoms with van der Waals surface area (Å²) in [6.45, 7) is 2.29. The fourth-order valence-corrected chi connectivity index (χ4v) is 4.29. The molecule has 1 fully saturated rings. The van der Waals surface area contributed by atoms with E-state index in [-0.39, 0.29) is 23.2 Å². The molecule has 1 aliphatic rings. The Kier molecular flexibility index (Phi) is 8.00. The first kappa shape index (κ1) is 23.4. The van der Waals surface area contributed by atoms with Gasteiger partial charge in [0.25, 0.3) is 11.5 Å². The van der Waals surface area contributed by atoms with Gasteiger partial charge in [0.2, 0.25) is 0 Å². The van der Waals surface area contributed by atoms with E-state index in [9.17, 15) is 14.9 Å². The maximum atomic E-state index is 12.7. The van der Waals surface area contributed by atoms with Gasteiger partial charge in [-0.15, -0.1) is 22.9 Å². The number of anilines is 1. The number of halogens is 1. The minimum Gasteiger partial charge on any atom is -0.366 e. The highest BCUT2D eigenvalue weighted by molar-refractivity contribution is 7.12. The van der Waals surface area contributed by atoms with E-state index in [1.807, 2.05) is 46.7 Å². The molecule has 30 heavy (non-hydrogen) atoms. The molecular formula is C21H24ClN5O2S. The van der Waals surface area contributed by atoms with Crippen molar-refractivity contribution in [2.75, 3.05) is 37.5 Å². The summed E-state index contributed by atoms with van der Waals surface area (Å²) in [5.41, 5.74) is 1.35. The first-order valence-corrected chi connectivity index (χ1v) is 10.7. The summed E-state index contributed by atoms with van der Waals surface area (Å²) >= 11 is 6.08. The van der Waals surface area contributed by atoms with Crippen LogP contribution in [0.1, 0.15) is 15.2 Å². The van der Waals surface area contributed by atoms with Crippen molar-refractivity contribution in [2.45, 2.75) is 0 Å². The number of rotatable bonds is 2. The summed E-state index contributed by atoms with van der Waals surface area (Å²) in [6.07, 6.45) is 1.47. The van der Waals surface area contributed by atoms with Crippen LogP contribution in [0.5, 0.6) is 0 Å². The van der Waals surface area contributed by atoms with Crippen LogP contribution in [0.25, 0.3) is 10.9 Å². The second-order valence-electron chi connectivity index (χ2n) is 6.47. The van der Waals surface area contributed by atoms with Crippen molar-refractivity contribution in [1.82, 2.24) is 15.6 Å². The van der Waals surface area contributed by atoms with Gasteiger partial charge in [-0.1, -0.05) is 24.3 Å². The van der Waals surface area contributed by atoms with E-state index in [4.69, 9.17) is 0 Å². The van der Waals surface area contributed by atoms with E-state index >= 15 is 0 Å². The van der Waals surface area contributed by atoms with E-state index in [0.717, 1.165) is 15.8 Å². The number of nitrogens with zero attached hydrogens (tertiary/aromatic N) is 4. The Labute approximate surface area is 184 Å². The number of piperazine rings is 1. The number of aromatic nitrogens is 1. The number of fused-ring (bicyclic) bond motifs is 1. The monoisotopic (exact) mass is 445 g/mol. The number of nitriles is 1. The van der Waals surface area contributed by atoms with E-state index in [1.54, 1.807) is 7.05 Å². The minimum atomic E-state index is -0.289. The Morgan fingerprint density at radius 3 is 2.37 bits per heavy atom. The lowest BCUT2D eigenvalue weighted by atomic mass is 10.1. The molecule has 0 atom stereocenters. The number of amides is 1. The van der Waals surface area contributed by atoms with Gasteiger partial charge >= 0.3 is 0 Å². The number of hydrogen-bond donors (Lipinski definition) is 1.